The van der Waals surface area contributed by atoms with Gasteiger partial charge < -0.3 is 11.5 Å². The van der Waals surface area contributed by atoms with Crippen LogP contribution in [0.25, 0.3) is 5.52 Å². The molecule has 0 unspecified atom stereocenters. The first-order valence-corrected chi connectivity index (χ1v) is 4.10. The molecule has 4 N–H and O–H groups in total. The fourth-order valence-corrected chi connectivity index (χ4v) is 1.20. The normalized spacial score (nSPS) is 10.8. The minimum Gasteiger partial charge on any atom is -0.384 e. The van der Waals surface area contributed by atoms with E-state index in [9.17, 15) is 0 Å². The zero-order valence-electron chi connectivity index (χ0n) is 7.14. The van der Waals surface area contributed by atoms with Crippen molar-refractivity contribution in [2.45, 2.75) is 6.42 Å². The lowest BCUT2D eigenvalue weighted by Crippen LogP contribution is -2.09. The van der Waals surface area contributed by atoms with E-state index in [0.29, 0.717) is 18.8 Å². The predicted molar refractivity (Wildman–Crippen MR) is 50.2 cm³/mol. The Hall–Kier alpha value is -1.62. The summed E-state index contributed by atoms with van der Waals surface area (Å²) in [7, 11) is 0. The van der Waals surface area contributed by atoms with Crippen LogP contribution in [0.15, 0.2) is 18.3 Å². The van der Waals surface area contributed by atoms with Crippen LogP contribution in [-0.2, 0) is 6.42 Å². The fourth-order valence-electron chi connectivity index (χ4n) is 1.20. The van der Waals surface area contributed by atoms with E-state index >= 15 is 0 Å². The molecule has 0 spiro atoms. The third-order valence-electron chi connectivity index (χ3n) is 1.84. The molecule has 0 radical (unpaired) electrons. The lowest BCUT2D eigenvalue weighted by Gasteiger charge is -1.99. The second-order valence-corrected chi connectivity index (χ2v) is 2.81. The van der Waals surface area contributed by atoms with Crippen molar-refractivity contribution in [2.75, 3.05) is 12.3 Å². The molecule has 0 bridgehead atoms. The highest BCUT2D eigenvalue weighted by atomic mass is 15.3. The highest BCUT2D eigenvalue weighted by molar-refractivity contribution is 5.52. The highest BCUT2D eigenvalue weighted by Crippen LogP contribution is 2.08. The van der Waals surface area contributed by atoms with Gasteiger partial charge in [0.25, 0.3) is 0 Å². The minimum absolute atomic E-state index is 0.548. The molecule has 0 saturated carbocycles. The molecule has 0 saturated heterocycles. The van der Waals surface area contributed by atoms with Gasteiger partial charge in [-0.2, -0.15) is 5.10 Å². The van der Waals surface area contributed by atoms with Crippen molar-refractivity contribution in [3.63, 3.8) is 0 Å². The van der Waals surface area contributed by atoms with Crippen LogP contribution in [0.4, 0.5) is 5.82 Å². The minimum atomic E-state index is 0.548. The molecule has 0 amide bonds. The number of anilines is 1. The lowest BCUT2D eigenvalue weighted by atomic mass is 10.4. The summed E-state index contributed by atoms with van der Waals surface area (Å²) in [6.45, 7) is 0.548. The molecule has 0 aliphatic heterocycles. The van der Waals surface area contributed by atoms with Crippen molar-refractivity contribution in [3.8, 4) is 0 Å². The summed E-state index contributed by atoms with van der Waals surface area (Å²) in [6, 6.07) is 3.68. The molecular formula is C8H11N5. The maximum Gasteiger partial charge on any atom is 0.150 e. The quantitative estimate of drug-likeness (QED) is 0.666. The number of aromatic nitrogens is 3. The Morgan fingerprint density at radius 1 is 1.38 bits per heavy atom. The Morgan fingerprint density at radius 3 is 3.00 bits per heavy atom. The standard InChI is InChI=1S/C8H11N5/c9-4-3-8-11-5-6-1-2-7(10)13(6)12-8/h1-2,5H,3-4,9-10H2. The Balaban J connectivity index is 2.53. The smallest absolute Gasteiger partial charge is 0.150 e. The van der Waals surface area contributed by atoms with Crippen molar-refractivity contribution in [1.29, 1.82) is 0 Å². The molecule has 13 heavy (non-hydrogen) atoms. The molecule has 0 aliphatic rings. The average Bonchev–Trinajstić information content (AvgIpc) is 2.49. The summed E-state index contributed by atoms with van der Waals surface area (Å²) in [5, 5.41) is 4.23. The van der Waals surface area contributed by atoms with E-state index in [4.69, 9.17) is 11.5 Å². The van der Waals surface area contributed by atoms with Crippen LogP contribution in [0.2, 0.25) is 0 Å². The van der Waals surface area contributed by atoms with Crippen LogP contribution < -0.4 is 11.5 Å². The summed E-state index contributed by atoms with van der Waals surface area (Å²) in [6.07, 6.45) is 2.42. The van der Waals surface area contributed by atoms with Gasteiger partial charge in [-0.05, 0) is 18.7 Å². The van der Waals surface area contributed by atoms with Gasteiger partial charge in [-0.1, -0.05) is 0 Å². The molecule has 0 fully saturated rings. The zero-order valence-corrected chi connectivity index (χ0v) is 7.14. The van der Waals surface area contributed by atoms with E-state index < -0.39 is 0 Å². The molecule has 5 heteroatoms. The first kappa shape index (κ1) is 8.00. The molecular weight excluding hydrogens is 166 g/mol. The predicted octanol–water partition coefficient (Wildman–Crippen LogP) is -0.187. The number of nitrogens with two attached hydrogens (primary N) is 2. The van der Waals surface area contributed by atoms with Crippen LogP contribution in [0.5, 0.6) is 0 Å². The molecule has 0 atom stereocenters. The van der Waals surface area contributed by atoms with E-state index in [-0.39, 0.29) is 0 Å². The van der Waals surface area contributed by atoms with Crippen molar-refractivity contribution in [2.24, 2.45) is 5.73 Å². The molecule has 68 valence electrons. The number of hydrogen-bond donors (Lipinski definition) is 2. The summed E-state index contributed by atoms with van der Waals surface area (Å²) in [4.78, 5) is 4.14. The molecule has 0 aliphatic carbocycles. The second kappa shape index (κ2) is 3.02. The van der Waals surface area contributed by atoms with E-state index in [0.717, 1.165) is 11.3 Å². The number of rotatable bonds is 2. The van der Waals surface area contributed by atoms with Gasteiger partial charge in [0.15, 0.2) is 5.82 Å². The summed E-state index contributed by atoms with van der Waals surface area (Å²) in [5.74, 6) is 1.34. The number of nitrogen functional groups attached to an aromatic ring is 1. The van der Waals surface area contributed by atoms with Gasteiger partial charge in [0.05, 0.1) is 11.7 Å². The van der Waals surface area contributed by atoms with Gasteiger partial charge in [0.1, 0.15) is 5.82 Å². The van der Waals surface area contributed by atoms with Gasteiger partial charge in [-0.15, -0.1) is 0 Å². The maximum absolute atomic E-state index is 5.68. The Kier molecular flexibility index (Phi) is 1.86. The summed E-state index contributed by atoms with van der Waals surface area (Å²) < 4.78 is 1.66. The van der Waals surface area contributed by atoms with Crippen molar-refractivity contribution in [3.05, 3.63) is 24.2 Å². The van der Waals surface area contributed by atoms with Crippen LogP contribution in [0.3, 0.4) is 0 Å². The summed E-state index contributed by atoms with van der Waals surface area (Å²) >= 11 is 0. The number of nitrogens with zero attached hydrogens (tertiary/aromatic N) is 3. The van der Waals surface area contributed by atoms with Crippen molar-refractivity contribution in [1.82, 2.24) is 14.6 Å². The Morgan fingerprint density at radius 2 is 2.23 bits per heavy atom. The molecule has 2 aromatic heterocycles. The van der Waals surface area contributed by atoms with E-state index in [2.05, 4.69) is 10.1 Å². The number of fused-ring (bicyclic) bond motifs is 1. The maximum atomic E-state index is 5.68. The SMILES string of the molecule is NCCc1ncc2ccc(N)n2n1. The van der Waals surface area contributed by atoms with E-state index in [1.807, 2.05) is 6.07 Å². The lowest BCUT2D eigenvalue weighted by molar-refractivity contribution is 0.788. The summed E-state index contributed by atoms with van der Waals surface area (Å²) in [5.41, 5.74) is 12.0. The molecule has 0 aromatic carbocycles. The van der Waals surface area contributed by atoms with Crippen LogP contribution >= 0.6 is 0 Å². The average molecular weight is 177 g/mol. The van der Waals surface area contributed by atoms with Gasteiger partial charge in [-0.25, -0.2) is 9.50 Å². The van der Waals surface area contributed by atoms with Crippen LogP contribution in [-0.4, -0.2) is 21.1 Å². The van der Waals surface area contributed by atoms with Gasteiger partial charge in [-0.3, -0.25) is 0 Å². The molecule has 2 rings (SSSR count). The van der Waals surface area contributed by atoms with Crippen LogP contribution in [0, 0.1) is 0 Å². The van der Waals surface area contributed by atoms with Gasteiger partial charge in [0.2, 0.25) is 0 Å². The molecule has 2 heterocycles. The third kappa shape index (κ3) is 1.33. The van der Waals surface area contributed by atoms with Crippen molar-refractivity contribution >= 4 is 11.3 Å². The number of hydrogen-bond acceptors (Lipinski definition) is 4. The Labute approximate surface area is 75.4 Å². The largest absolute Gasteiger partial charge is 0.384 e. The van der Waals surface area contributed by atoms with Gasteiger partial charge >= 0.3 is 0 Å². The zero-order chi connectivity index (χ0) is 9.26. The monoisotopic (exact) mass is 177 g/mol. The second-order valence-electron chi connectivity index (χ2n) is 2.81. The van der Waals surface area contributed by atoms with Crippen molar-refractivity contribution < 1.29 is 0 Å². The molecule has 5 nitrogen and oxygen atoms in total. The highest BCUT2D eigenvalue weighted by Gasteiger charge is 2.01. The molecule has 2 aromatic rings. The van der Waals surface area contributed by atoms with Crippen LogP contribution in [0.1, 0.15) is 5.82 Å². The van der Waals surface area contributed by atoms with E-state index in [1.54, 1.807) is 16.8 Å². The van der Waals surface area contributed by atoms with E-state index in [1.165, 1.54) is 0 Å². The Bertz CT molecular complexity index is 419. The first-order valence-electron chi connectivity index (χ1n) is 4.10. The fraction of sp³-hybridized carbons (Fsp3) is 0.250. The topological polar surface area (TPSA) is 82.2 Å². The van der Waals surface area contributed by atoms with Gasteiger partial charge in [0, 0.05) is 6.42 Å². The third-order valence-corrected chi connectivity index (χ3v) is 1.84. The first-order chi connectivity index (χ1) is 6.31.